The third-order valence-corrected chi connectivity index (χ3v) is 5.48. The summed E-state index contributed by atoms with van der Waals surface area (Å²) >= 11 is 0. The maximum Gasteiger partial charge on any atom is 0.0218 e. The minimum absolute atomic E-state index is 0.573. The Balaban J connectivity index is 1.87. The lowest BCUT2D eigenvalue weighted by Gasteiger charge is -2.43. The van der Waals surface area contributed by atoms with Gasteiger partial charge >= 0.3 is 0 Å². The molecule has 0 aromatic carbocycles. The SMILES string of the molecule is CCCNCC1(CN2CCN(C)C(CC)C2)CCCC1. The molecule has 1 saturated heterocycles. The zero-order valence-electron chi connectivity index (χ0n) is 14.0. The lowest BCUT2D eigenvalue weighted by molar-refractivity contribution is 0.0573. The summed E-state index contributed by atoms with van der Waals surface area (Å²) < 4.78 is 0. The highest BCUT2D eigenvalue weighted by Crippen LogP contribution is 2.38. The van der Waals surface area contributed by atoms with Crippen LogP contribution >= 0.6 is 0 Å². The van der Waals surface area contributed by atoms with Crippen LogP contribution in [-0.4, -0.2) is 62.2 Å². The zero-order chi connectivity index (χ0) is 14.4. The molecule has 2 aliphatic rings. The van der Waals surface area contributed by atoms with E-state index >= 15 is 0 Å². The molecule has 0 amide bonds. The number of hydrogen-bond acceptors (Lipinski definition) is 3. The van der Waals surface area contributed by atoms with Crippen molar-refractivity contribution >= 4 is 0 Å². The van der Waals surface area contributed by atoms with Gasteiger partial charge in [-0.05, 0) is 44.7 Å². The van der Waals surface area contributed by atoms with E-state index in [1.807, 2.05) is 0 Å². The summed E-state index contributed by atoms with van der Waals surface area (Å²) in [6.07, 6.45) is 8.30. The molecule has 1 atom stereocenters. The summed E-state index contributed by atoms with van der Waals surface area (Å²) in [4.78, 5) is 5.31. The van der Waals surface area contributed by atoms with E-state index in [0.717, 1.165) is 6.04 Å². The molecule has 3 heteroatoms. The van der Waals surface area contributed by atoms with Crippen LogP contribution in [0.3, 0.4) is 0 Å². The van der Waals surface area contributed by atoms with E-state index in [0.29, 0.717) is 5.41 Å². The van der Waals surface area contributed by atoms with Crippen molar-refractivity contribution in [3.8, 4) is 0 Å². The fraction of sp³-hybridized carbons (Fsp3) is 1.00. The van der Waals surface area contributed by atoms with Crippen LogP contribution in [0.1, 0.15) is 52.4 Å². The minimum atomic E-state index is 0.573. The molecule has 2 fully saturated rings. The van der Waals surface area contributed by atoms with Gasteiger partial charge in [0, 0.05) is 38.8 Å². The van der Waals surface area contributed by atoms with Gasteiger partial charge in [0.25, 0.3) is 0 Å². The Hall–Kier alpha value is -0.120. The number of hydrogen-bond donors (Lipinski definition) is 1. The molecule has 0 spiro atoms. The summed E-state index contributed by atoms with van der Waals surface area (Å²) in [5, 5.41) is 3.70. The monoisotopic (exact) mass is 281 g/mol. The lowest BCUT2D eigenvalue weighted by atomic mass is 9.85. The molecular formula is C17H35N3. The lowest BCUT2D eigenvalue weighted by Crippen LogP contribution is -2.54. The Labute approximate surface area is 126 Å². The van der Waals surface area contributed by atoms with Gasteiger partial charge in [0.1, 0.15) is 0 Å². The van der Waals surface area contributed by atoms with Crippen LogP contribution in [0.25, 0.3) is 0 Å². The van der Waals surface area contributed by atoms with E-state index < -0.39 is 0 Å². The van der Waals surface area contributed by atoms with Gasteiger partial charge in [0.15, 0.2) is 0 Å². The minimum Gasteiger partial charge on any atom is -0.316 e. The molecule has 0 bridgehead atoms. The van der Waals surface area contributed by atoms with Gasteiger partial charge in [0.05, 0.1) is 0 Å². The molecule has 1 heterocycles. The molecule has 3 nitrogen and oxygen atoms in total. The van der Waals surface area contributed by atoms with E-state index in [1.165, 1.54) is 77.8 Å². The first-order valence-electron chi connectivity index (χ1n) is 8.82. The maximum absolute atomic E-state index is 3.70. The molecule has 0 radical (unpaired) electrons. The van der Waals surface area contributed by atoms with Crippen LogP contribution in [-0.2, 0) is 0 Å². The largest absolute Gasteiger partial charge is 0.316 e. The average molecular weight is 281 g/mol. The molecule has 1 aliphatic carbocycles. The van der Waals surface area contributed by atoms with Crippen molar-refractivity contribution in [3.63, 3.8) is 0 Å². The highest BCUT2D eigenvalue weighted by molar-refractivity contribution is 4.91. The number of piperazine rings is 1. The van der Waals surface area contributed by atoms with Crippen molar-refractivity contribution in [2.24, 2.45) is 5.41 Å². The van der Waals surface area contributed by atoms with E-state index in [4.69, 9.17) is 0 Å². The molecule has 118 valence electrons. The number of nitrogens with one attached hydrogen (secondary N) is 1. The van der Waals surface area contributed by atoms with Crippen molar-refractivity contribution in [1.82, 2.24) is 15.1 Å². The van der Waals surface area contributed by atoms with E-state index in [1.54, 1.807) is 0 Å². The Morgan fingerprint density at radius 3 is 2.55 bits per heavy atom. The van der Waals surface area contributed by atoms with E-state index in [-0.39, 0.29) is 0 Å². The smallest absolute Gasteiger partial charge is 0.0218 e. The summed E-state index contributed by atoms with van der Waals surface area (Å²) in [6, 6.07) is 0.769. The quantitative estimate of drug-likeness (QED) is 0.724. The maximum atomic E-state index is 3.70. The second-order valence-corrected chi connectivity index (χ2v) is 7.16. The second-order valence-electron chi connectivity index (χ2n) is 7.16. The van der Waals surface area contributed by atoms with Gasteiger partial charge in [-0.1, -0.05) is 26.7 Å². The Kier molecular flexibility index (Phi) is 6.31. The third kappa shape index (κ3) is 4.19. The summed E-state index contributed by atoms with van der Waals surface area (Å²) in [5.74, 6) is 0. The Bertz CT molecular complexity index is 273. The van der Waals surface area contributed by atoms with Gasteiger partial charge < -0.3 is 10.2 Å². The normalized spacial score (nSPS) is 28.1. The van der Waals surface area contributed by atoms with Crippen LogP contribution in [0.4, 0.5) is 0 Å². The third-order valence-electron chi connectivity index (χ3n) is 5.48. The molecular weight excluding hydrogens is 246 g/mol. The molecule has 2 rings (SSSR count). The Morgan fingerprint density at radius 2 is 1.90 bits per heavy atom. The van der Waals surface area contributed by atoms with Crippen molar-refractivity contribution in [2.75, 3.05) is 46.3 Å². The van der Waals surface area contributed by atoms with E-state index in [2.05, 4.69) is 36.0 Å². The zero-order valence-corrected chi connectivity index (χ0v) is 14.0. The van der Waals surface area contributed by atoms with Crippen LogP contribution in [0.15, 0.2) is 0 Å². The van der Waals surface area contributed by atoms with Gasteiger partial charge in [-0.15, -0.1) is 0 Å². The topological polar surface area (TPSA) is 18.5 Å². The molecule has 0 aromatic heterocycles. The highest BCUT2D eigenvalue weighted by Gasteiger charge is 2.36. The molecule has 20 heavy (non-hydrogen) atoms. The van der Waals surface area contributed by atoms with E-state index in [9.17, 15) is 0 Å². The first-order valence-corrected chi connectivity index (χ1v) is 8.82. The standard InChI is InChI=1S/C17H35N3/c1-4-10-18-14-17(8-6-7-9-17)15-20-12-11-19(3)16(5-2)13-20/h16,18H,4-15H2,1-3H3. The van der Waals surface area contributed by atoms with Crippen molar-refractivity contribution in [3.05, 3.63) is 0 Å². The predicted octanol–water partition coefficient (Wildman–Crippen LogP) is 2.57. The fourth-order valence-electron chi connectivity index (χ4n) is 4.12. The summed E-state index contributed by atoms with van der Waals surface area (Å²) in [7, 11) is 2.29. The van der Waals surface area contributed by atoms with Gasteiger partial charge in [-0.25, -0.2) is 0 Å². The highest BCUT2D eigenvalue weighted by atomic mass is 15.3. The molecule has 1 saturated carbocycles. The molecule has 1 unspecified atom stereocenters. The summed E-state index contributed by atoms with van der Waals surface area (Å²) in [5.41, 5.74) is 0.573. The molecule has 1 N–H and O–H groups in total. The van der Waals surface area contributed by atoms with Gasteiger partial charge in [-0.2, -0.15) is 0 Å². The van der Waals surface area contributed by atoms with Crippen molar-refractivity contribution < 1.29 is 0 Å². The Morgan fingerprint density at radius 1 is 1.15 bits per heavy atom. The van der Waals surface area contributed by atoms with Crippen LogP contribution in [0.2, 0.25) is 0 Å². The first-order chi connectivity index (χ1) is 9.69. The van der Waals surface area contributed by atoms with Gasteiger partial charge in [0.2, 0.25) is 0 Å². The fourth-order valence-corrected chi connectivity index (χ4v) is 4.12. The van der Waals surface area contributed by atoms with Crippen molar-refractivity contribution in [2.45, 2.75) is 58.4 Å². The molecule has 1 aliphatic heterocycles. The van der Waals surface area contributed by atoms with Crippen molar-refractivity contribution in [1.29, 1.82) is 0 Å². The number of likely N-dealkylation sites (N-methyl/N-ethyl adjacent to an activating group) is 1. The predicted molar refractivity (Wildman–Crippen MR) is 87.2 cm³/mol. The average Bonchev–Trinajstić information content (AvgIpc) is 2.90. The second kappa shape index (κ2) is 7.77. The number of rotatable bonds is 7. The van der Waals surface area contributed by atoms with Crippen LogP contribution in [0, 0.1) is 5.41 Å². The molecule has 0 aromatic rings. The first kappa shape index (κ1) is 16.3. The van der Waals surface area contributed by atoms with Crippen LogP contribution in [0.5, 0.6) is 0 Å². The van der Waals surface area contributed by atoms with Crippen LogP contribution < -0.4 is 5.32 Å². The van der Waals surface area contributed by atoms with Gasteiger partial charge in [-0.3, -0.25) is 4.90 Å². The summed E-state index contributed by atoms with van der Waals surface area (Å²) in [6.45, 7) is 12.1. The number of nitrogens with zero attached hydrogens (tertiary/aromatic N) is 2.